The van der Waals surface area contributed by atoms with Crippen LogP contribution in [0.1, 0.15) is 5.56 Å². The van der Waals surface area contributed by atoms with Crippen molar-refractivity contribution in [2.45, 2.75) is 0 Å². The Morgan fingerprint density at radius 1 is 0.667 bits per heavy atom. The van der Waals surface area contributed by atoms with Crippen molar-refractivity contribution in [3.8, 4) is 41.5 Å². The van der Waals surface area contributed by atoms with Crippen molar-refractivity contribution in [3.63, 3.8) is 0 Å². The molecule has 0 saturated carbocycles. The van der Waals surface area contributed by atoms with E-state index in [9.17, 15) is 14.0 Å². The third-order valence-corrected chi connectivity index (χ3v) is 3.57. The molecular formula is C19H4F3N5. The number of rotatable bonds is 1. The summed E-state index contributed by atoms with van der Waals surface area (Å²) in [6, 6.07) is 10.9. The molecule has 126 valence electrons. The third-order valence-electron chi connectivity index (χ3n) is 3.57. The molecule has 2 aromatic carbocycles. The molecule has 27 heavy (non-hydrogen) atoms. The highest BCUT2D eigenvalue weighted by molar-refractivity contribution is 5.82. The van der Waals surface area contributed by atoms with Crippen LogP contribution in [0.25, 0.3) is 22.3 Å². The van der Waals surface area contributed by atoms with Gasteiger partial charge in [0, 0.05) is 5.56 Å². The van der Waals surface area contributed by atoms with E-state index in [2.05, 4.69) is 0 Å². The molecule has 0 aliphatic carbocycles. The van der Waals surface area contributed by atoms with Crippen molar-refractivity contribution in [3.05, 3.63) is 57.7 Å². The number of hydrogen-bond acceptors (Lipinski definition) is 5. The summed E-state index contributed by atoms with van der Waals surface area (Å²) >= 11 is 0. The zero-order valence-corrected chi connectivity index (χ0v) is 13.2. The molecule has 2 aromatic rings. The highest BCUT2D eigenvalue weighted by Gasteiger charge is 2.23. The first-order valence-corrected chi connectivity index (χ1v) is 7.01. The number of nitrogens with zero attached hydrogens (tertiary/aromatic N) is 5. The quantitative estimate of drug-likeness (QED) is 0.772. The third kappa shape index (κ3) is 3.06. The van der Waals surface area contributed by atoms with E-state index in [0.29, 0.717) is 0 Å². The molecule has 0 aliphatic rings. The SMILES string of the molecule is N#CC(C#N)=c1c(F)c(-c2ccc(F)cc2)c(=C(C#N)C#N)c(F)c1C#N. The molecule has 0 atom stereocenters. The standard InChI is InChI=1S/C19H4F3N5/c20-13-3-1-10(2-4-13)16-17(12(7-25)8-26)18(21)14(9-27)15(19(16)22)11(5-23)6-24/h1-4H. The van der Waals surface area contributed by atoms with Crippen molar-refractivity contribution in [2.75, 3.05) is 0 Å². The molecule has 0 aliphatic heterocycles. The van der Waals surface area contributed by atoms with Gasteiger partial charge in [0.15, 0.2) is 5.82 Å². The van der Waals surface area contributed by atoms with Gasteiger partial charge < -0.3 is 0 Å². The second-order valence-corrected chi connectivity index (χ2v) is 4.94. The summed E-state index contributed by atoms with van der Waals surface area (Å²) in [4.78, 5) is 0. The molecule has 2 rings (SSSR count). The summed E-state index contributed by atoms with van der Waals surface area (Å²) in [6.07, 6.45) is 0. The first-order valence-electron chi connectivity index (χ1n) is 7.01. The molecule has 5 nitrogen and oxygen atoms in total. The summed E-state index contributed by atoms with van der Waals surface area (Å²) in [7, 11) is 0. The molecule has 0 amide bonds. The van der Waals surface area contributed by atoms with Crippen LogP contribution in [0.15, 0.2) is 24.3 Å². The van der Waals surface area contributed by atoms with Gasteiger partial charge in [-0.3, -0.25) is 0 Å². The lowest BCUT2D eigenvalue weighted by Crippen LogP contribution is -2.29. The lowest BCUT2D eigenvalue weighted by Gasteiger charge is -2.09. The Hall–Kier alpha value is -4.58. The smallest absolute Gasteiger partial charge is 0.151 e. The topological polar surface area (TPSA) is 119 Å². The second kappa shape index (κ2) is 7.54. The highest BCUT2D eigenvalue weighted by Crippen LogP contribution is 2.21. The minimum absolute atomic E-state index is 0.119. The minimum atomic E-state index is -1.44. The van der Waals surface area contributed by atoms with E-state index in [1.807, 2.05) is 0 Å². The summed E-state index contributed by atoms with van der Waals surface area (Å²) < 4.78 is 43.4. The molecule has 0 saturated heterocycles. The van der Waals surface area contributed by atoms with Gasteiger partial charge in [0.05, 0.1) is 10.4 Å². The van der Waals surface area contributed by atoms with Gasteiger partial charge in [-0.15, -0.1) is 0 Å². The van der Waals surface area contributed by atoms with Crippen LogP contribution in [0, 0.1) is 74.1 Å². The van der Waals surface area contributed by atoms with Gasteiger partial charge in [-0.1, -0.05) is 12.1 Å². The number of nitriles is 5. The minimum Gasteiger partial charge on any atom is -0.207 e. The van der Waals surface area contributed by atoms with Gasteiger partial charge in [-0.2, -0.15) is 26.3 Å². The molecule has 0 spiro atoms. The van der Waals surface area contributed by atoms with Crippen LogP contribution in [0.5, 0.6) is 0 Å². The molecule has 0 aromatic heterocycles. The monoisotopic (exact) mass is 359 g/mol. The fraction of sp³-hybridized carbons (Fsp3) is 0. The van der Waals surface area contributed by atoms with E-state index < -0.39 is 50.2 Å². The van der Waals surface area contributed by atoms with Crippen molar-refractivity contribution >= 4 is 11.1 Å². The van der Waals surface area contributed by atoms with Crippen LogP contribution in [-0.2, 0) is 0 Å². The molecule has 0 unspecified atom stereocenters. The lowest BCUT2D eigenvalue weighted by molar-refractivity contribution is 0.584. The normalized spacial score (nSPS) is 9.11. The van der Waals surface area contributed by atoms with Crippen LogP contribution in [0.3, 0.4) is 0 Å². The number of benzene rings is 2. The highest BCUT2D eigenvalue weighted by atomic mass is 19.1. The number of halogens is 3. The largest absolute Gasteiger partial charge is 0.207 e. The molecule has 0 bridgehead atoms. The van der Waals surface area contributed by atoms with Gasteiger partial charge in [0.1, 0.15) is 58.7 Å². The Labute approximate surface area is 150 Å². The van der Waals surface area contributed by atoms with Crippen LogP contribution in [-0.4, -0.2) is 0 Å². The maximum Gasteiger partial charge on any atom is 0.151 e. The van der Waals surface area contributed by atoms with E-state index in [4.69, 9.17) is 21.0 Å². The van der Waals surface area contributed by atoms with Gasteiger partial charge >= 0.3 is 0 Å². The molecule has 0 fully saturated rings. The van der Waals surface area contributed by atoms with Crippen LogP contribution in [0.2, 0.25) is 0 Å². The Bertz CT molecular complexity index is 1260. The van der Waals surface area contributed by atoms with E-state index in [1.165, 1.54) is 30.3 Å². The zero-order chi connectivity index (χ0) is 20.1. The maximum absolute atomic E-state index is 15.2. The van der Waals surface area contributed by atoms with Crippen LogP contribution in [0.4, 0.5) is 13.2 Å². The Morgan fingerprint density at radius 3 is 1.59 bits per heavy atom. The molecule has 0 N–H and O–H groups in total. The predicted octanol–water partition coefficient (Wildman–Crippen LogP) is 2.04. The zero-order valence-electron chi connectivity index (χ0n) is 13.2. The molecule has 8 heteroatoms. The fourth-order valence-electron chi connectivity index (χ4n) is 2.42. The van der Waals surface area contributed by atoms with E-state index >= 15 is 4.39 Å². The summed E-state index contributed by atoms with van der Waals surface area (Å²) in [5, 5.41) is 43.7. The fourth-order valence-corrected chi connectivity index (χ4v) is 2.42. The Morgan fingerprint density at radius 2 is 1.15 bits per heavy atom. The molecule has 0 heterocycles. The summed E-state index contributed by atoms with van der Waals surface area (Å²) in [5.74, 6) is -3.47. The van der Waals surface area contributed by atoms with E-state index in [0.717, 1.165) is 24.3 Å². The Balaban J connectivity index is 3.38. The van der Waals surface area contributed by atoms with Crippen molar-refractivity contribution in [1.82, 2.24) is 0 Å². The van der Waals surface area contributed by atoms with E-state index in [1.54, 1.807) is 0 Å². The van der Waals surface area contributed by atoms with Crippen molar-refractivity contribution < 1.29 is 13.2 Å². The average molecular weight is 359 g/mol. The first kappa shape index (κ1) is 18.8. The number of hydrogen-bond donors (Lipinski definition) is 0. The molecule has 0 radical (unpaired) electrons. The average Bonchev–Trinajstić information content (AvgIpc) is 2.68. The van der Waals surface area contributed by atoms with Gasteiger partial charge in [0.25, 0.3) is 0 Å². The van der Waals surface area contributed by atoms with Gasteiger partial charge in [0.2, 0.25) is 0 Å². The first-order chi connectivity index (χ1) is 12.9. The van der Waals surface area contributed by atoms with E-state index in [-0.39, 0.29) is 5.56 Å². The summed E-state index contributed by atoms with van der Waals surface area (Å²) in [6.45, 7) is 0. The maximum atomic E-state index is 15.2. The van der Waals surface area contributed by atoms with Crippen molar-refractivity contribution in [2.24, 2.45) is 0 Å². The van der Waals surface area contributed by atoms with Gasteiger partial charge in [-0.05, 0) is 17.7 Å². The van der Waals surface area contributed by atoms with Crippen LogP contribution >= 0.6 is 0 Å². The van der Waals surface area contributed by atoms with Crippen LogP contribution < -0.4 is 10.4 Å². The summed E-state index contributed by atoms with van der Waals surface area (Å²) in [5.41, 5.74) is -3.44. The molecular weight excluding hydrogens is 355 g/mol. The predicted molar refractivity (Wildman–Crippen MR) is 85.0 cm³/mol. The van der Waals surface area contributed by atoms with Gasteiger partial charge in [-0.25, -0.2) is 13.2 Å². The van der Waals surface area contributed by atoms with Crippen molar-refractivity contribution in [1.29, 1.82) is 26.3 Å². The Kier molecular flexibility index (Phi) is 5.24. The lowest BCUT2D eigenvalue weighted by atomic mass is 9.94. The second-order valence-electron chi connectivity index (χ2n) is 4.94.